The number of nitrogens with one attached hydrogen (secondary N) is 1. The second-order valence-corrected chi connectivity index (χ2v) is 5.95. The summed E-state index contributed by atoms with van der Waals surface area (Å²) < 4.78 is 13.8. The quantitative estimate of drug-likeness (QED) is 0.770. The number of carbonyl (C=O) groups is 1. The van der Waals surface area contributed by atoms with Crippen molar-refractivity contribution in [3.05, 3.63) is 64.5 Å². The first-order valence-corrected chi connectivity index (χ1v) is 7.99. The van der Waals surface area contributed by atoms with Crippen LogP contribution in [0.25, 0.3) is 10.7 Å². The van der Waals surface area contributed by atoms with Crippen molar-refractivity contribution in [2.24, 2.45) is 0 Å². The van der Waals surface area contributed by atoms with Crippen LogP contribution in [0.5, 0.6) is 0 Å². The minimum Gasteiger partial charge on any atom is -0.323 e. The van der Waals surface area contributed by atoms with E-state index in [9.17, 15) is 9.18 Å². The normalized spacial score (nSPS) is 10.5. The van der Waals surface area contributed by atoms with Crippen LogP contribution in [-0.2, 0) is 11.2 Å². The fourth-order valence-corrected chi connectivity index (χ4v) is 2.92. The Kier molecular flexibility index (Phi) is 4.64. The molecule has 1 aromatic carbocycles. The third kappa shape index (κ3) is 3.72. The van der Waals surface area contributed by atoms with Crippen LogP contribution in [0.1, 0.15) is 5.69 Å². The summed E-state index contributed by atoms with van der Waals surface area (Å²) in [6, 6.07) is 10.0. The van der Waals surface area contributed by atoms with Gasteiger partial charge in [-0.05, 0) is 24.3 Å². The lowest BCUT2D eigenvalue weighted by molar-refractivity contribution is -0.115. The predicted octanol–water partition coefficient (Wildman–Crippen LogP) is 4.18. The standard InChI is InChI=1S/C16H11ClFN3OS/c17-11-4-3-6-12(15(11)18)21-14(22)8-10-9-23-16(20-10)13-5-1-2-7-19-13/h1-7,9H,8H2,(H,21,22). The van der Waals surface area contributed by atoms with Crippen molar-refractivity contribution in [3.63, 3.8) is 0 Å². The number of nitrogens with zero attached hydrogens (tertiary/aromatic N) is 2. The first-order chi connectivity index (χ1) is 11.1. The summed E-state index contributed by atoms with van der Waals surface area (Å²) >= 11 is 7.09. The zero-order valence-corrected chi connectivity index (χ0v) is 13.4. The van der Waals surface area contributed by atoms with Crippen molar-refractivity contribution in [1.82, 2.24) is 9.97 Å². The van der Waals surface area contributed by atoms with Crippen LogP contribution in [0.2, 0.25) is 5.02 Å². The molecule has 3 aromatic rings. The molecule has 4 nitrogen and oxygen atoms in total. The lowest BCUT2D eigenvalue weighted by Gasteiger charge is -2.06. The molecule has 116 valence electrons. The van der Waals surface area contributed by atoms with Crippen LogP contribution in [0, 0.1) is 5.82 Å². The molecule has 1 amide bonds. The van der Waals surface area contributed by atoms with E-state index >= 15 is 0 Å². The number of benzene rings is 1. The number of aromatic nitrogens is 2. The fraction of sp³-hybridized carbons (Fsp3) is 0.0625. The highest BCUT2D eigenvalue weighted by Crippen LogP contribution is 2.23. The van der Waals surface area contributed by atoms with E-state index in [1.54, 1.807) is 17.6 Å². The Labute approximate surface area is 141 Å². The van der Waals surface area contributed by atoms with Gasteiger partial charge in [0.15, 0.2) is 5.82 Å². The third-order valence-electron chi connectivity index (χ3n) is 3.00. The van der Waals surface area contributed by atoms with E-state index in [4.69, 9.17) is 11.6 Å². The second kappa shape index (κ2) is 6.85. The van der Waals surface area contributed by atoms with E-state index in [2.05, 4.69) is 15.3 Å². The maximum Gasteiger partial charge on any atom is 0.230 e. The van der Waals surface area contributed by atoms with Crippen molar-refractivity contribution in [2.75, 3.05) is 5.32 Å². The molecule has 3 rings (SSSR count). The van der Waals surface area contributed by atoms with Gasteiger partial charge < -0.3 is 5.32 Å². The van der Waals surface area contributed by atoms with Gasteiger partial charge in [-0.25, -0.2) is 9.37 Å². The Morgan fingerprint density at radius 1 is 1.26 bits per heavy atom. The van der Waals surface area contributed by atoms with Gasteiger partial charge in [0, 0.05) is 11.6 Å². The summed E-state index contributed by atoms with van der Waals surface area (Å²) in [5.74, 6) is -1.00. The first-order valence-electron chi connectivity index (χ1n) is 6.73. The Balaban J connectivity index is 1.69. The summed E-state index contributed by atoms with van der Waals surface area (Å²) in [4.78, 5) is 20.6. The molecule has 0 saturated heterocycles. The highest BCUT2D eigenvalue weighted by Gasteiger charge is 2.12. The minimum absolute atomic E-state index is 0.0334. The number of hydrogen-bond acceptors (Lipinski definition) is 4. The molecule has 0 aliphatic carbocycles. The van der Waals surface area contributed by atoms with Gasteiger partial charge in [0.1, 0.15) is 5.01 Å². The zero-order valence-electron chi connectivity index (χ0n) is 11.8. The van der Waals surface area contributed by atoms with Gasteiger partial charge in [-0.3, -0.25) is 9.78 Å². The monoisotopic (exact) mass is 347 g/mol. The molecule has 0 bridgehead atoms. The molecule has 23 heavy (non-hydrogen) atoms. The molecule has 0 unspecified atom stereocenters. The van der Waals surface area contributed by atoms with E-state index in [1.165, 1.54) is 23.5 Å². The summed E-state index contributed by atoms with van der Waals surface area (Å²) in [5.41, 5.74) is 1.42. The van der Waals surface area contributed by atoms with Gasteiger partial charge in [0.05, 0.1) is 28.5 Å². The van der Waals surface area contributed by atoms with Gasteiger partial charge in [-0.1, -0.05) is 23.7 Å². The predicted molar refractivity (Wildman–Crippen MR) is 89.1 cm³/mol. The van der Waals surface area contributed by atoms with Crippen molar-refractivity contribution in [2.45, 2.75) is 6.42 Å². The highest BCUT2D eigenvalue weighted by molar-refractivity contribution is 7.13. The van der Waals surface area contributed by atoms with Crippen molar-refractivity contribution >= 4 is 34.5 Å². The van der Waals surface area contributed by atoms with Crippen LogP contribution in [0.15, 0.2) is 48.0 Å². The molecule has 2 heterocycles. The van der Waals surface area contributed by atoms with Gasteiger partial charge in [-0.2, -0.15) is 0 Å². The smallest absolute Gasteiger partial charge is 0.230 e. The molecule has 2 aromatic heterocycles. The van der Waals surface area contributed by atoms with Crippen molar-refractivity contribution in [3.8, 4) is 10.7 Å². The average Bonchev–Trinajstić information content (AvgIpc) is 3.01. The highest BCUT2D eigenvalue weighted by atomic mass is 35.5. The number of amides is 1. The van der Waals surface area contributed by atoms with Gasteiger partial charge in [0.2, 0.25) is 5.91 Å². The van der Waals surface area contributed by atoms with E-state index in [0.29, 0.717) is 5.69 Å². The van der Waals surface area contributed by atoms with E-state index < -0.39 is 5.82 Å². The maximum absolute atomic E-state index is 13.8. The number of thiazole rings is 1. The van der Waals surface area contributed by atoms with Crippen LogP contribution in [-0.4, -0.2) is 15.9 Å². The topological polar surface area (TPSA) is 54.9 Å². The van der Waals surface area contributed by atoms with Crippen molar-refractivity contribution < 1.29 is 9.18 Å². The van der Waals surface area contributed by atoms with Crippen LogP contribution in [0.4, 0.5) is 10.1 Å². The number of rotatable bonds is 4. The van der Waals surface area contributed by atoms with Gasteiger partial charge in [-0.15, -0.1) is 11.3 Å². The summed E-state index contributed by atoms with van der Waals surface area (Å²) in [5, 5.41) is 4.99. The molecular weight excluding hydrogens is 337 g/mol. The maximum atomic E-state index is 13.8. The number of pyridine rings is 1. The van der Waals surface area contributed by atoms with Gasteiger partial charge in [0.25, 0.3) is 0 Å². The molecule has 0 aliphatic heterocycles. The number of carbonyl (C=O) groups excluding carboxylic acids is 1. The number of halogens is 2. The number of anilines is 1. The van der Waals surface area contributed by atoms with E-state index in [-0.39, 0.29) is 23.0 Å². The molecular formula is C16H11ClFN3OS. The lowest BCUT2D eigenvalue weighted by Crippen LogP contribution is -2.15. The van der Waals surface area contributed by atoms with Crippen LogP contribution >= 0.6 is 22.9 Å². The third-order valence-corrected chi connectivity index (χ3v) is 4.21. The van der Waals surface area contributed by atoms with Crippen molar-refractivity contribution in [1.29, 1.82) is 0 Å². The average molecular weight is 348 g/mol. The molecule has 1 N–H and O–H groups in total. The molecule has 0 spiro atoms. The zero-order chi connectivity index (χ0) is 16.2. The van der Waals surface area contributed by atoms with E-state index in [0.717, 1.165) is 10.7 Å². The molecule has 0 radical (unpaired) electrons. The SMILES string of the molecule is O=C(Cc1csc(-c2ccccn2)n1)Nc1cccc(Cl)c1F. The summed E-state index contributed by atoms with van der Waals surface area (Å²) in [7, 11) is 0. The summed E-state index contributed by atoms with van der Waals surface area (Å²) in [6.07, 6.45) is 1.74. The molecule has 0 aliphatic rings. The van der Waals surface area contributed by atoms with Crippen LogP contribution in [0.3, 0.4) is 0 Å². The molecule has 0 atom stereocenters. The molecule has 7 heteroatoms. The molecule has 0 saturated carbocycles. The largest absolute Gasteiger partial charge is 0.323 e. The second-order valence-electron chi connectivity index (χ2n) is 4.69. The minimum atomic E-state index is -0.644. The Hall–Kier alpha value is -2.31. The summed E-state index contributed by atoms with van der Waals surface area (Å²) in [6.45, 7) is 0. The van der Waals surface area contributed by atoms with Crippen LogP contribution < -0.4 is 5.32 Å². The lowest BCUT2D eigenvalue weighted by atomic mass is 10.2. The first kappa shape index (κ1) is 15.6. The molecule has 0 fully saturated rings. The Morgan fingerprint density at radius 3 is 2.91 bits per heavy atom. The Morgan fingerprint density at radius 2 is 2.13 bits per heavy atom. The van der Waals surface area contributed by atoms with E-state index in [1.807, 2.05) is 18.2 Å². The number of hydrogen-bond donors (Lipinski definition) is 1. The fourth-order valence-electron chi connectivity index (χ4n) is 1.95. The van der Waals surface area contributed by atoms with Gasteiger partial charge >= 0.3 is 0 Å². The Bertz CT molecular complexity index is 838.